The highest BCUT2D eigenvalue weighted by Crippen LogP contribution is 2.21. The number of thioether (sulfide) groups is 1. The minimum Gasteiger partial charge on any atom is -0.335 e. The number of hydrogen-bond acceptors (Lipinski definition) is 5. The first-order valence-electron chi connectivity index (χ1n) is 5.56. The van der Waals surface area contributed by atoms with Crippen molar-refractivity contribution in [2.45, 2.75) is 24.9 Å². The van der Waals surface area contributed by atoms with E-state index in [0.717, 1.165) is 22.9 Å². The van der Waals surface area contributed by atoms with Gasteiger partial charge in [-0.15, -0.1) is 10.2 Å². The first-order valence-corrected chi connectivity index (χ1v) is 6.55. The highest BCUT2D eigenvalue weighted by Gasteiger charge is 2.11. The van der Waals surface area contributed by atoms with Crippen molar-refractivity contribution in [2.24, 2.45) is 0 Å². The summed E-state index contributed by atoms with van der Waals surface area (Å²) in [4.78, 5) is 4.04. The number of nitrogens with zero attached hydrogens (tertiary/aromatic N) is 4. The van der Waals surface area contributed by atoms with Crippen molar-refractivity contribution in [3.8, 4) is 11.4 Å². The fraction of sp³-hybridized carbons (Fsp3) is 0.364. The standard InChI is InChI=1S/C11H15N5S/c1-2-3-7-17-11-15-14-10(16(11)12)9-5-4-6-13-8-9/h4-6,8H,2-3,7,12H2,1H3. The fourth-order valence-corrected chi connectivity index (χ4v) is 2.31. The molecule has 0 aliphatic heterocycles. The van der Waals surface area contributed by atoms with E-state index in [2.05, 4.69) is 22.1 Å². The van der Waals surface area contributed by atoms with Crippen molar-refractivity contribution in [3.63, 3.8) is 0 Å². The second-order valence-electron chi connectivity index (χ2n) is 3.62. The van der Waals surface area contributed by atoms with Gasteiger partial charge >= 0.3 is 0 Å². The predicted octanol–water partition coefficient (Wildman–Crippen LogP) is 1.95. The average Bonchev–Trinajstić information content (AvgIpc) is 2.73. The first kappa shape index (κ1) is 11.9. The van der Waals surface area contributed by atoms with Gasteiger partial charge in [0.2, 0.25) is 5.16 Å². The maximum atomic E-state index is 5.96. The van der Waals surface area contributed by atoms with Gasteiger partial charge < -0.3 is 5.84 Å². The van der Waals surface area contributed by atoms with Gasteiger partial charge in [0.25, 0.3) is 0 Å². The molecule has 6 heteroatoms. The maximum Gasteiger partial charge on any atom is 0.210 e. The van der Waals surface area contributed by atoms with Crippen molar-refractivity contribution in [1.29, 1.82) is 0 Å². The Kier molecular flexibility index (Phi) is 3.98. The Balaban J connectivity index is 2.15. The molecular weight excluding hydrogens is 234 g/mol. The number of rotatable bonds is 5. The van der Waals surface area contributed by atoms with Crippen LogP contribution in [0.4, 0.5) is 0 Å². The molecule has 2 heterocycles. The van der Waals surface area contributed by atoms with Gasteiger partial charge in [-0.05, 0) is 18.6 Å². The summed E-state index contributed by atoms with van der Waals surface area (Å²) >= 11 is 1.63. The lowest BCUT2D eigenvalue weighted by molar-refractivity contribution is 0.840. The Morgan fingerprint density at radius 3 is 3.00 bits per heavy atom. The highest BCUT2D eigenvalue weighted by atomic mass is 32.2. The first-order chi connectivity index (χ1) is 8.33. The van der Waals surface area contributed by atoms with Gasteiger partial charge in [0, 0.05) is 23.7 Å². The van der Waals surface area contributed by atoms with E-state index in [1.165, 1.54) is 11.1 Å². The molecule has 2 N–H and O–H groups in total. The monoisotopic (exact) mass is 249 g/mol. The third-order valence-corrected chi connectivity index (χ3v) is 3.34. The molecule has 5 nitrogen and oxygen atoms in total. The molecule has 2 aromatic rings. The molecule has 2 aromatic heterocycles. The third kappa shape index (κ3) is 2.76. The van der Waals surface area contributed by atoms with E-state index in [4.69, 9.17) is 5.84 Å². The van der Waals surface area contributed by atoms with Crippen LogP contribution in [0.5, 0.6) is 0 Å². The van der Waals surface area contributed by atoms with Gasteiger partial charge in [-0.2, -0.15) is 0 Å². The SMILES string of the molecule is CCCCSc1nnc(-c2cccnc2)n1N. The molecule has 0 radical (unpaired) electrons. The minimum atomic E-state index is 0.650. The van der Waals surface area contributed by atoms with Gasteiger partial charge in [0.1, 0.15) is 0 Å². The van der Waals surface area contributed by atoms with E-state index in [-0.39, 0.29) is 0 Å². The number of nitrogen functional groups attached to an aromatic ring is 1. The van der Waals surface area contributed by atoms with Crippen LogP contribution in [0.1, 0.15) is 19.8 Å². The van der Waals surface area contributed by atoms with E-state index in [1.54, 1.807) is 24.2 Å². The Bertz CT molecular complexity index is 468. The fourth-order valence-electron chi connectivity index (χ4n) is 1.38. The van der Waals surface area contributed by atoms with Crippen LogP contribution >= 0.6 is 11.8 Å². The molecule has 0 saturated heterocycles. The topological polar surface area (TPSA) is 69.6 Å². The molecule has 0 aromatic carbocycles. The van der Waals surface area contributed by atoms with E-state index >= 15 is 0 Å². The lowest BCUT2D eigenvalue weighted by Gasteiger charge is -2.02. The molecule has 17 heavy (non-hydrogen) atoms. The second-order valence-corrected chi connectivity index (χ2v) is 4.68. The van der Waals surface area contributed by atoms with Crippen molar-refractivity contribution in [1.82, 2.24) is 19.9 Å². The molecule has 2 rings (SSSR count). The third-order valence-electron chi connectivity index (χ3n) is 2.31. The van der Waals surface area contributed by atoms with Crippen LogP contribution in [0.2, 0.25) is 0 Å². The normalized spacial score (nSPS) is 10.6. The van der Waals surface area contributed by atoms with Crippen LogP contribution in [-0.4, -0.2) is 25.6 Å². The molecule has 0 bridgehead atoms. The molecular formula is C11H15N5S. The second kappa shape index (κ2) is 5.67. The highest BCUT2D eigenvalue weighted by molar-refractivity contribution is 7.99. The van der Waals surface area contributed by atoms with Crippen LogP contribution in [0.3, 0.4) is 0 Å². The van der Waals surface area contributed by atoms with Crippen molar-refractivity contribution in [3.05, 3.63) is 24.5 Å². The largest absolute Gasteiger partial charge is 0.335 e. The summed E-state index contributed by atoms with van der Waals surface area (Å²) in [5.74, 6) is 7.62. The van der Waals surface area contributed by atoms with Crippen LogP contribution < -0.4 is 5.84 Å². The predicted molar refractivity (Wildman–Crippen MR) is 69.0 cm³/mol. The molecule has 0 unspecified atom stereocenters. The molecule has 0 fully saturated rings. The van der Waals surface area contributed by atoms with Crippen LogP contribution in [0.25, 0.3) is 11.4 Å². The summed E-state index contributed by atoms with van der Waals surface area (Å²) in [6.45, 7) is 2.16. The number of aromatic nitrogens is 4. The lowest BCUT2D eigenvalue weighted by Crippen LogP contribution is -2.11. The van der Waals surface area contributed by atoms with Gasteiger partial charge in [-0.25, -0.2) is 4.68 Å². The lowest BCUT2D eigenvalue weighted by atomic mass is 10.3. The van der Waals surface area contributed by atoms with Crippen LogP contribution in [0, 0.1) is 0 Å². The van der Waals surface area contributed by atoms with Crippen molar-refractivity contribution in [2.75, 3.05) is 11.6 Å². The summed E-state index contributed by atoms with van der Waals surface area (Å²) < 4.78 is 1.53. The molecule has 0 atom stereocenters. The number of unbranched alkanes of at least 4 members (excludes halogenated alkanes) is 1. The Labute approximate surface area is 104 Å². The molecule has 0 aliphatic rings. The maximum absolute atomic E-state index is 5.96. The van der Waals surface area contributed by atoms with Gasteiger partial charge in [-0.1, -0.05) is 25.1 Å². The Morgan fingerprint density at radius 1 is 1.41 bits per heavy atom. The summed E-state index contributed by atoms with van der Waals surface area (Å²) in [5, 5.41) is 8.93. The van der Waals surface area contributed by atoms with Gasteiger partial charge in [0.05, 0.1) is 0 Å². The molecule has 90 valence electrons. The summed E-state index contributed by atoms with van der Waals surface area (Å²) in [5.41, 5.74) is 0.879. The molecule has 0 spiro atoms. The Morgan fingerprint density at radius 2 is 2.29 bits per heavy atom. The van der Waals surface area contributed by atoms with Gasteiger partial charge in [-0.3, -0.25) is 4.98 Å². The van der Waals surface area contributed by atoms with Crippen molar-refractivity contribution < 1.29 is 0 Å². The zero-order chi connectivity index (χ0) is 12.1. The number of pyridine rings is 1. The smallest absolute Gasteiger partial charge is 0.210 e. The molecule has 0 aliphatic carbocycles. The zero-order valence-corrected chi connectivity index (χ0v) is 10.5. The van der Waals surface area contributed by atoms with E-state index in [9.17, 15) is 0 Å². The van der Waals surface area contributed by atoms with E-state index in [1.807, 2.05) is 12.1 Å². The van der Waals surface area contributed by atoms with E-state index in [0.29, 0.717) is 5.82 Å². The number of hydrogen-bond donors (Lipinski definition) is 1. The van der Waals surface area contributed by atoms with Crippen LogP contribution in [0.15, 0.2) is 29.7 Å². The summed E-state index contributed by atoms with van der Waals surface area (Å²) in [7, 11) is 0. The van der Waals surface area contributed by atoms with Crippen molar-refractivity contribution >= 4 is 11.8 Å². The van der Waals surface area contributed by atoms with Crippen LogP contribution in [-0.2, 0) is 0 Å². The Hall–Kier alpha value is -1.56. The van der Waals surface area contributed by atoms with E-state index < -0.39 is 0 Å². The minimum absolute atomic E-state index is 0.650. The number of nitrogens with two attached hydrogens (primary N) is 1. The molecule has 0 amide bonds. The quantitative estimate of drug-likeness (QED) is 0.498. The average molecular weight is 249 g/mol. The summed E-state index contributed by atoms with van der Waals surface area (Å²) in [6, 6.07) is 3.77. The molecule has 0 saturated carbocycles. The summed E-state index contributed by atoms with van der Waals surface area (Å²) in [6.07, 6.45) is 5.77. The van der Waals surface area contributed by atoms with Gasteiger partial charge in [0.15, 0.2) is 5.82 Å². The zero-order valence-electron chi connectivity index (χ0n) is 9.71.